The van der Waals surface area contributed by atoms with Gasteiger partial charge in [-0.2, -0.15) is 0 Å². The van der Waals surface area contributed by atoms with Crippen LogP contribution in [0, 0.1) is 3.57 Å². The predicted octanol–water partition coefficient (Wildman–Crippen LogP) is 3.40. The average molecular weight is 447 g/mol. The fourth-order valence-electron chi connectivity index (χ4n) is 1.55. The highest BCUT2D eigenvalue weighted by Crippen LogP contribution is 2.21. The lowest BCUT2D eigenvalue weighted by Gasteiger charge is -2.09. The van der Waals surface area contributed by atoms with E-state index in [1.54, 1.807) is 30.5 Å². The summed E-state index contributed by atoms with van der Waals surface area (Å²) in [5, 5.41) is 11.7. The van der Waals surface area contributed by atoms with Crippen LogP contribution in [0.3, 0.4) is 0 Å². The van der Waals surface area contributed by atoms with Crippen LogP contribution in [-0.2, 0) is 0 Å². The maximum absolute atomic E-state index is 12.1. The van der Waals surface area contributed by atoms with Gasteiger partial charge in [0.2, 0.25) is 0 Å². The second-order valence-electron chi connectivity index (χ2n) is 3.79. The molecule has 20 heavy (non-hydrogen) atoms. The largest absolute Gasteiger partial charge is 0.478 e. The lowest BCUT2D eigenvalue weighted by Crippen LogP contribution is -2.15. The smallest absolute Gasteiger partial charge is 0.337 e. The Morgan fingerprint density at radius 1 is 1.25 bits per heavy atom. The van der Waals surface area contributed by atoms with Gasteiger partial charge < -0.3 is 10.4 Å². The molecular formula is C13H8BrIN2O3. The Kier molecular flexibility index (Phi) is 4.71. The molecule has 2 aromatic rings. The van der Waals surface area contributed by atoms with Gasteiger partial charge in [0.05, 0.1) is 16.8 Å². The molecule has 102 valence electrons. The van der Waals surface area contributed by atoms with E-state index in [4.69, 9.17) is 5.11 Å². The molecule has 0 saturated heterocycles. The summed E-state index contributed by atoms with van der Waals surface area (Å²) in [5.74, 6) is -1.52. The number of rotatable bonds is 3. The van der Waals surface area contributed by atoms with E-state index < -0.39 is 11.9 Å². The highest BCUT2D eigenvalue weighted by atomic mass is 127. The van der Waals surface area contributed by atoms with E-state index in [2.05, 4.69) is 26.2 Å². The Morgan fingerprint density at radius 3 is 2.65 bits per heavy atom. The maximum Gasteiger partial charge on any atom is 0.337 e. The number of carbonyl (C=O) groups excluding carboxylic acids is 1. The zero-order valence-electron chi connectivity index (χ0n) is 9.93. The van der Waals surface area contributed by atoms with Crippen LogP contribution in [0.15, 0.2) is 41.1 Å². The van der Waals surface area contributed by atoms with Crippen molar-refractivity contribution < 1.29 is 14.7 Å². The van der Waals surface area contributed by atoms with Crippen molar-refractivity contribution in [3.8, 4) is 0 Å². The summed E-state index contributed by atoms with van der Waals surface area (Å²) >= 11 is 5.19. The summed E-state index contributed by atoms with van der Waals surface area (Å²) in [4.78, 5) is 27.3. The third-order valence-electron chi connectivity index (χ3n) is 2.46. The fourth-order valence-corrected chi connectivity index (χ4v) is 2.47. The molecular weight excluding hydrogens is 439 g/mol. The number of carboxylic acids is 1. The van der Waals surface area contributed by atoms with Crippen molar-refractivity contribution >= 4 is 56.1 Å². The first-order chi connectivity index (χ1) is 9.49. The Bertz CT molecular complexity index is 691. The maximum atomic E-state index is 12.1. The minimum atomic E-state index is -1.09. The van der Waals surface area contributed by atoms with Crippen LogP contribution in [0.25, 0.3) is 0 Å². The first-order valence-electron chi connectivity index (χ1n) is 5.44. The summed E-state index contributed by atoms with van der Waals surface area (Å²) in [5.41, 5.74) is 0.631. The third kappa shape index (κ3) is 3.34. The Balaban J connectivity index is 2.33. The van der Waals surface area contributed by atoms with Gasteiger partial charge in [0, 0.05) is 9.77 Å². The number of benzene rings is 1. The topological polar surface area (TPSA) is 79.3 Å². The van der Waals surface area contributed by atoms with Crippen LogP contribution < -0.4 is 5.32 Å². The lowest BCUT2D eigenvalue weighted by molar-refractivity contribution is 0.0698. The second-order valence-corrected chi connectivity index (χ2v) is 5.79. The van der Waals surface area contributed by atoms with Crippen molar-refractivity contribution in [2.75, 3.05) is 5.32 Å². The number of aromatic nitrogens is 1. The number of nitrogens with zero attached hydrogens (tertiary/aromatic N) is 1. The summed E-state index contributed by atoms with van der Waals surface area (Å²) in [7, 11) is 0. The van der Waals surface area contributed by atoms with Gasteiger partial charge in [0.1, 0.15) is 4.60 Å². The van der Waals surface area contributed by atoms with Crippen LogP contribution in [0.1, 0.15) is 20.7 Å². The van der Waals surface area contributed by atoms with E-state index in [0.29, 0.717) is 10.2 Å². The lowest BCUT2D eigenvalue weighted by atomic mass is 10.1. The normalized spacial score (nSPS) is 10.1. The number of aromatic carboxylic acids is 1. The van der Waals surface area contributed by atoms with Gasteiger partial charge in [-0.3, -0.25) is 4.79 Å². The van der Waals surface area contributed by atoms with E-state index in [-0.39, 0.29) is 11.3 Å². The molecule has 0 fully saturated rings. The van der Waals surface area contributed by atoms with Gasteiger partial charge in [-0.15, -0.1) is 0 Å². The van der Waals surface area contributed by atoms with Crippen molar-refractivity contribution in [1.82, 2.24) is 4.98 Å². The standard InChI is InChI=1S/C13H8BrIN2O3/c14-11-8(2-1-5-16-11)12(18)17-10-4-3-7(15)6-9(10)13(19)20/h1-6H,(H,17,18)(H,19,20). The van der Waals surface area contributed by atoms with E-state index in [1.165, 1.54) is 6.07 Å². The molecule has 0 aliphatic carbocycles. The molecule has 0 aliphatic rings. The fraction of sp³-hybridized carbons (Fsp3) is 0. The van der Waals surface area contributed by atoms with Crippen molar-refractivity contribution in [1.29, 1.82) is 0 Å². The zero-order valence-corrected chi connectivity index (χ0v) is 13.7. The molecule has 0 unspecified atom stereocenters. The number of halogens is 2. The monoisotopic (exact) mass is 446 g/mol. The number of nitrogens with one attached hydrogen (secondary N) is 1. The number of pyridine rings is 1. The number of hydrogen-bond acceptors (Lipinski definition) is 3. The molecule has 5 nitrogen and oxygen atoms in total. The van der Waals surface area contributed by atoms with E-state index in [9.17, 15) is 9.59 Å². The first kappa shape index (κ1) is 14.9. The molecule has 0 spiro atoms. The SMILES string of the molecule is O=C(O)c1cc(I)ccc1NC(=O)c1cccnc1Br. The van der Waals surface area contributed by atoms with Crippen LogP contribution in [-0.4, -0.2) is 22.0 Å². The molecule has 1 amide bonds. The van der Waals surface area contributed by atoms with Crippen molar-refractivity contribution in [2.24, 2.45) is 0 Å². The van der Waals surface area contributed by atoms with Crippen molar-refractivity contribution in [3.05, 3.63) is 55.8 Å². The van der Waals surface area contributed by atoms with Gasteiger partial charge >= 0.3 is 5.97 Å². The van der Waals surface area contributed by atoms with Gasteiger partial charge in [0.25, 0.3) is 5.91 Å². The number of carboxylic acid groups (broad SMARTS) is 1. The average Bonchev–Trinajstić information content (AvgIpc) is 2.41. The number of carbonyl (C=O) groups is 2. The van der Waals surface area contributed by atoms with Gasteiger partial charge in [-0.05, 0) is 68.9 Å². The van der Waals surface area contributed by atoms with Gasteiger partial charge in [-0.25, -0.2) is 9.78 Å². The molecule has 0 atom stereocenters. The summed E-state index contributed by atoms with van der Waals surface area (Å²) < 4.78 is 1.18. The Hall–Kier alpha value is -1.48. The third-order valence-corrected chi connectivity index (χ3v) is 3.77. The molecule has 1 heterocycles. The first-order valence-corrected chi connectivity index (χ1v) is 7.31. The van der Waals surface area contributed by atoms with Crippen LogP contribution in [0.5, 0.6) is 0 Å². The van der Waals surface area contributed by atoms with E-state index >= 15 is 0 Å². The summed E-state index contributed by atoms with van der Waals surface area (Å²) in [6, 6.07) is 8.01. The van der Waals surface area contributed by atoms with Crippen molar-refractivity contribution in [2.45, 2.75) is 0 Å². The number of anilines is 1. The highest BCUT2D eigenvalue weighted by Gasteiger charge is 2.15. The highest BCUT2D eigenvalue weighted by molar-refractivity contribution is 14.1. The number of hydrogen-bond donors (Lipinski definition) is 2. The Labute approximate surface area is 136 Å². The summed E-state index contributed by atoms with van der Waals surface area (Å²) in [6.07, 6.45) is 1.55. The van der Waals surface area contributed by atoms with Crippen LogP contribution in [0.2, 0.25) is 0 Å². The minimum absolute atomic E-state index is 0.0465. The Morgan fingerprint density at radius 2 is 2.00 bits per heavy atom. The molecule has 2 rings (SSSR count). The quantitative estimate of drug-likeness (QED) is 0.559. The van der Waals surface area contributed by atoms with Crippen LogP contribution in [0.4, 0.5) is 5.69 Å². The molecule has 1 aromatic heterocycles. The molecule has 0 saturated carbocycles. The molecule has 2 N–H and O–H groups in total. The second kappa shape index (κ2) is 6.31. The van der Waals surface area contributed by atoms with E-state index in [1.807, 2.05) is 22.6 Å². The van der Waals surface area contributed by atoms with Gasteiger partial charge in [-0.1, -0.05) is 0 Å². The molecule has 0 radical (unpaired) electrons. The van der Waals surface area contributed by atoms with Crippen molar-refractivity contribution in [3.63, 3.8) is 0 Å². The zero-order chi connectivity index (χ0) is 14.7. The molecule has 0 aliphatic heterocycles. The molecule has 0 bridgehead atoms. The van der Waals surface area contributed by atoms with Gasteiger partial charge in [0.15, 0.2) is 0 Å². The minimum Gasteiger partial charge on any atom is -0.478 e. The van der Waals surface area contributed by atoms with Crippen LogP contribution >= 0.6 is 38.5 Å². The van der Waals surface area contributed by atoms with E-state index in [0.717, 1.165) is 3.57 Å². The predicted molar refractivity (Wildman–Crippen MR) is 86.0 cm³/mol. The molecule has 7 heteroatoms. The summed E-state index contributed by atoms with van der Waals surface area (Å²) in [6.45, 7) is 0. The number of amides is 1. The molecule has 1 aromatic carbocycles.